The molecule has 0 unspecified atom stereocenters. The van der Waals surface area contributed by atoms with Crippen molar-refractivity contribution in [3.8, 4) is 17.6 Å². The predicted octanol–water partition coefficient (Wildman–Crippen LogP) is 2.86. The molecule has 0 fully saturated rings. The molecule has 0 heterocycles. The molecule has 0 aliphatic carbocycles. The van der Waals surface area contributed by atoms with Gasteiger partial charge in [-0.25, -0.2) is 0 Å². The second kappa shape index (κ2) is 7.16. The van der Waals surface area contributed by atoms with Crippen LogP contribution < -0.4 is 15.2 Å². The van der Waals surface area contributed by atoms with Crippen LogP contribution >= 0.6 is 0 Å². The first kappa shape index (κ1) is 16.3. The molecular weight excluding hydrogens is 252 g/mol. The molecule has 0 aliphatic rings. The number of rotatable bonds is 7. The van der Waals surface area contributed by atoms with Crippen LogP contribution in [0.3, 0.4) is 0 Å². The number of hydrogen-bond donors (Lipinski definition) is 1. The van der Waals surface area contributed by atoms with E-state index in [0.717, 1.165) is 18.4 Å². The quantitative estimate of drug-likeness (QED) is 0.831. The molecule has 0 amide bonds. The SMILES string of the molecule is COc1ccc([C@](C#N)(CCCN)C(C)C)cc1OC. The number of hydrogen-bond acceptors (Lipinski definition) is 4. The maximum Gasteiger partial charge on any atom is 0.161 e. The van der Waals surface area contributed by atoms with Crippen molar-refractivity contribution in [3.63, 3.8) is 0 Å². The molecular formula is C16H24N2O2. The number of ether oxygens (including phenoxy) is 2. The molecule has 0 saturated heterocycles. The van der Waals surface area contributed by atoms with Gasteiger partial charge in [0.05, 0.1) is 25.7 Å². The van der Waals surface area contributed by atoms with E-state index in [0.29, 0.717) is 18.0 Å². The molecule has 0 radical (unpaired) electrons. The van der Waals surface area contributed by atoms with Gasteiger partial charge in [-0.1, -0.05) is 19.9 Å². The average Bonchev–Trinajstić information content (AvgIpc) is 2.47. The highest BCUT2D eigenvalue weighted by Crippen LogP contribution is 2.40. The first-order valence-electron chi connectivity index (χ1n) is 6.89. The van der Waals surface area contributed by atoms with Crippen LogP contribution in [0.1, 0.15) is 32.3 Å². The summed E-state index contributed by atoms with van der Waals surface area (Å²) in [5.41, 5.74) is 6.03. The summed E-state index contributed by atoms with van der Waals surface area (Å²) in [6.45, 7) is 4.72. The molecule has 1 atom stereocenters. The van der Waals surface area contributed by atoms with Crippen LogP contribution in [-0.2, 0) is 5.41 Å². The van der Waals surface area contributed by atoms with Crippen molar-refractivity contribution in [2.45, 2.75) is 32.1 Å². The van der Waals surface area contributed by atoms with Crippen LogP contribution in [-0.4, -0.2) is 20.8 Å². The van der Waals surface area contributed by atoms with Gasteiger partial charge in [0.15, 0.2) is 11.5 Å². The normalized spacial score (nSPS) is 13.7. The van der Waals surface area contributed by atoms with E-state index in [1.165, 1.54) is 0 Å². The van der Waals surface area contributed by atoms with E-state index in [9.17, 15) is 5.26 Å². The van der Waals surface area contributed by atoms with Crippen molar-refractivity contribution < 1.29 is 9.47 Å². The minimum absolute atomic E-state index is 0.192. The molecule has 20 heavy (non-hydrogen) atoms. The smallest absolute Gasteiger partial charge is 0.161 e. The summed E-state index contributed by atoms with van der Waals surface area (Å²) in [5, 5.41) is 9.75. The Morgan fingerprint density at radius 2 is 1.90 bits per heavy atom. The van der Waals surface area contributed by atoms with Gasteiger partial charge in [-0.15, -0.1) is 0 Å². The molecule has 0 spiro atoms. The Labute approximate surface area is 121 Å². The molecule has 110 valence electrons. The van der Waals surface area contributed by atoms with E-state index < -0.39 is 5.41 Å². The number of nitrogens with zero attached hydrogens (tertiary/aromatic N) is 1. The highest BCUT2D eigenvalue weighted by atomic mass is 16.5. The molecule has 2 N–H and O–H groups in total. The number of benzene rings is 1. The van der Waals surface area contributed by atoms with Crippen LogP contribution in [0.2, 0.25) is 0 Å². The third-order valence-electron chi connectivity index (χ3n) is 3.86. The number of methoxy groups -OCH3 is 2. The van der Waals surface area contributed by atoms with Gasteiger partial charge in [-0.05, 0) is 43.0 Å². The van der Waals surface area contributed by atoms with Crippen molar-refractivity contribution in [2.24, 2.45) is 11.7 Å². The van der Waals surface area contributed by atoms with Gasteiger partial charge < -0.3 is 15.2 Å². The maximum absolute atomic E-state index is 9.75. The summed E-state index contributed by atoms with van der Waals surface area (Å²) in [5.74, 6) is 1.51. The molecule has 1 aromatic carbocycles. The topological polar surface area (TPSA) is 68.3 Å². The first-order chi connectivity index (χ1) is 9.55. The molecule has 0 saturated carbocycles. The monoisotopic (exact) mass is 276 g/mol. The van der Waals surface area contributed by atoms with Crippen molar-refractivity contribution >= 4 is 0 Å². The molecule has 0 bridgehead atoms. The van der Waals surface area contributed by atoms with Crippen LogP contribution in [0.4, 0.5) is 0 Å². The van der Waals surface area contributed by atoms with Gasteiger partial charge in [0.1, 0.15) is 0 Å². The summed E-state index contributed by atoms with van der Waals surface area (Å²) < 4.78 is 10.6. The van der Waals surface area contributed by atoms with Gasteiger partial charge in [0, 0.05) is 0 Å². The van der Waals surface area contributed by atoms with Crippen LogP contribution in [0.5, 0.6) is 11.5 Å². The van der Waals surface area contributed by atoms with Crippen molar-refractivity contribution in [1.82, 2.24) is 0 Å². The fourth-order valence-electron chi connectivity index (χ4n) is 2.51. The molecule has 1 rings (SSSR count). The zero-order chi connectivity index (χ0) is 15.2. The maximum atomic E-state index is 9.75. The molecule has 1 aromatic rings. The molecule has 4 nitrogen and oxygen atoms in total. The lowest BCUT2D eigenvalue weighted by Crippen LogP contribution is -2.31. The van der Waals surface area contributed by atoms with Gasteiger partial charge in [-0.2, -0.15) is 5.26 Å². The summed E-state index contributed by atoms with van der Waals surface area (Å²) in [7, 11) is 3.21. The Hall–Kier alpha value is -1.73. The minimum atomic E-state index is -0.543. The molecule has 4 heteroatoms. The van der Waals surface area contributed by atoms with Gasteiger partial charge in [0.25, 0.3) is 0 Å². The first-order valence-corrected chi connectivity index (χ1v) is 6.89. The summed E-state index contributed by atoms with van der Waals surface area (Å²) in [6.07, 6.45) is 1.56. The Morgan fingerprint density at radius 3 is 2.35 bits per heavy atom. The van der Waals surface area contributed by atoms with E-state index in [1.54, 1.807) is 14.2 Å². The summed E-state index contributed by atoms with van der Waals surface area (Å²) >= 11 is 0. The third kappa shape index (κ3) is 3.05. The third-order valence-corrected chi connectivity index (χ3v) is 3.86. The zero-order valence-corrected chi connectivity index (χ0v) is 12.8. The minimum Gasteiger partial charge on any atom is -0.493 e. The highest BCUT2D eigenvalue weighted by Gasteiger charge is 2.36. The largest absolute Gasteiger partial charge is 0.493 e. The van der Waals surface area contributed by atoms with E-state index in [-0.39, 0.29) is 5.92 Å². The zero-order valence-electron chi connectivity index (χ0n) is 12.8. The van der Waals surface area contributed by atoms with Crippen molar-refractivity contribution in [2.75, 3.05) is 20.8 Å². The fourth-order valence-corrected chi connectivity index (χ4v) is 2.51. The van der Waals surface area contributed by atoms with Crippen LogP contribution in [0, 0.1) is 17.2 Å². The van der Waals surface area contributed by atoms with Crippen molar-refractivity contribution in [1.29, 1.82) is 5.26 Å². The van der Waals surface area contributed by atoms with Gasteiger partial charge >= 0.3 is 0 Å². The van der Waals surface area contributed by atoms with E-state index in [2.05, 4.69) is 19.9 Å². The van der Waals surface area contributed by atoms with Gasteiger partial charge in [0.2, 0.25) is 0 Å². The lowest BCUT2D eigenvalue weighted by Gasteiger charge is -2.31. The van der Waals surface area contributed by atoms with E-state index >= 15 is 0 Å². The fraction of sp³-hybridized carbons (Fsp3) is 0.562. The summed E-state index contributed by atoms with van der Waals surface area (Å²) in [6, 6.07) is 8.20. The highest BCUT2D eigenvalue weighted by molar-refractivity contribution is 5.47. The van der Waals surface area contributed by atoms with E-state index in [1.807, 2.05) is 18.2 Å². The van der Waals surface area contributed by atoms with Gasteiger partial charge in [-0.3, -0.25) is 0 Å². The lowest BCUT2D eigenvalue weighted by atomic mass is 9.70. The molecule has 0 aliphatic heterocycles. The Bertz CT molecular complexity index is 480. The van der Waals surface area contributed by atoms with Crippen molar-refractivity contribution in [3.05, 3.63) is 23.8 Å². The lowest BCUT2D eigenvalue weighted by molar-refractivity contribution is 0.343. The van der Waals surface area contributed by atoms with E-state index in [4.69, 9.17) is 15.2 Å². The predicted molar refractivity (Wildman–Crippen MR) is 80.0 cm³/mol. The standard InChI is InChI=1S/C16H24N2O2/c1-12(2)16(11-18,8-5-9-17)13-6-7-14(19-3)15(10-13)20-4/h6-7,10,12H,5,8-9,17H2,1-4H3/t16-/m0/s1. The second-order valence-corrected chi connectivity index (χ2v) is 5.20. The number of nitrogens with two attached hydrogens (primary N) is 1. The second-order valence-electron chi connectivity index (χ2n) is 5.20. The molecule has 0 aromatic heterocycles. The average molecular weight is 276 g/mol. The summed E-state index contributed by atoms with van der Waals surface area (Å²) in [4.78, 5) is 0. The Balaban J connectivity index is 3.31. The van der Waals surface area contributed by atoms with Crippen LogP contribution in [0.25, 0.3) is 0 Å². The Kier molecular flexibility index (Phi) is 5.84. The Morgan fingerprint density at radius 1 is 1.25 bits per heavy atom. The van der Waals surface area contributed by atoms with Crippen LogP contribution in [0.15, 0.2) is 18.2 Å². The number of nitriles is 1.